The summed E-state index contributed by atoms with van der Waals surface area (Å²) < 4.78 is 33.2. The van der Waals surface area contributed by atoms with Gasteiger partial charge in [-0.05, 0) is 38.5 Å². The van der Waals surface area contributed by atoms with Crippen LogP contribution in [0, 0.1) is 0 Å². The fraction of sp³-hybridized carbons (Fsp3) is 0.429. The number of carbonyl (C=O) groups excluding carboxylic acids is 2. The Balaban J connectivity index is 2.83. The van der Waals surface area contributed by atoms with E-state index in [-0.39, 0.29) is 11.3 Å². The maximum Gasteiger partial charge on any atom is 0.408 e. The van der Waals surface area contributed by atoms with E-state index in [1.807, 2.05) is 0 Å². The molecule has 0 bridgehead atoms. The van der Waals surface area contributed by atoms with Gasteiger partial charge in [-0.2, -0.15) is 8.78 Å². The number of carboxylic acid groups (broad SMARTS) is 1. The summed E-state index contributed by atoms with van der Waals surface area (Å²) in [4.78, 5) is 22.7. The maximum atomic E-state index is 12.0. The molecule has 0 aliphatic rings. The minimum Gasteiger partial charge on any atom is -0.548 e. The zero-order valence-corrected chi connectivity index (χ0v) is 12.3. The lowest BCUT2D eigenvalue weighted by molar-refractivity contribution is -0.308. The van der Waals surface area contributed by atoms with Crippen molar-refractivity contribution in [2.45, 2.75) is 39.0 Å². The molecule has 0 heterocycles. The minimum atomic E-state index is -2.98. The lowest BCUT2D eigenvalue weighted by Gasteiger charge is -2.24. The van der Waals surface area contributed by atoms with Crippen molar-refractivity contribution in [3.63, 3.8) is 0 Å². The van der Waals surface area contributed by atoms with Crippen molar-refractivity contribution in [1.29, 1.82) is 0 Å². The first-order valence-electron chi connectivity index (χ1n) is 6.33. The van der Waals surface area contributed by atoms with Crippen molar-refractivity contribution in [2.75, 3.05) is 0 Å². The number of ether oxygens (including phenoxy) is 2. The summed E-state index contributed by atoms with van der Waals surface area (Å²) in [6.07, 6.45) is -0.936. The Morgan fingerprint density at radius 3 is 2.14 bits per heavy atom. The Labute approximate surface area is 126 Å². The molecule has 1 amide bonds. The van der Waals surface area contributed by atoms with Crippen molar-refractivity contribution < 1.29 is 33.0 Å². The van der Waals surface area contributed by atoms with Gasteiger partial charge in [0.25, 0.3) is 0 Å². The van der Waals surface area contributed by atoms with Gasteiger partial charge in [0, 0.05) is 0 Å². The van der Waals surface area contributed by atoms with Crippen molar-refractivity contribution in [1.82, 2.24) is 5.32 Å². The van der Waals surface area contributed by atoms with Crippen LogP contribution in [-0.2, 0) is 9.53 Å². The van der Waals surface area contributed by atoms with Crippen molar-refractivity contribution in [2.24, 2.45) is 0 Å². The van der Waals surface area contributed by atoms with Gasteiger partial charge in [-0.25, -0.2) is 4.79 Å². The molecule has 0 spiro atoms. The molecule has 1 rings (SSSR count). The van der Waals surface area contributed by atoms with Gasteiger partial charge in [0.15, 0.2) is 0 Å². The summed E-state index contributed by atoms with van der Waals surface area (Å²) in [6, 6.07) is 3.31. The lowest BCUT2D eigenvalue weighted by Crippen LogP contribution is -2.43. The van der Waals surface area contributed by atoms with Crippen LogP contribution < -0.4 is 15.2 Å². The van der Waals surface area contributed by atoms with E-state index in [4.69, 9.17) is 4.74 Å². The molecule has 1 N–H and O–H groups in total. The highest BCUT2D eigenvalue weighted by atomic mass is 19.3. The van der Waals surface area contributed by atoms with Crippen LogP contribution in [0.5, 0.6) is 5.75 Å². The van der Waals surface area contributed by atoms with Gasteiger partial charge in [0.2, 0.25) is 0 Å². The number of alkyl halides is 2. The lowest BCUT2D eigenvalue weighted by atomic mass is 10.1. The molecule has 0 saturated carbocycles. The van der Waals surface area contributed by atoms with Gasteiger partial charge in [-0.15, -0.1) is 0 Å². The van der Waals surface area contributed by atoms with Crippen LogP contribution in [0.4, 0.5) is 13.6 Å². The predicted octanol–water partition coefficient (Wildman–Crippen LogP) is 1.60. The largest absolute Gasteiger partial charge is 0.548 e. The number of carbonyl (C=O) groups is 2. The molecule has 0 fully saturated rings. The number of amides is 1. The van der Waals surface area contributed by atoms with Gasteiger partial charge in [0.1, 0.15) is 11.4 Å². The highest BCUT2D eigenvalue weighted by Crippen LogP contribution is 2.20. The number of carboxylic acids is 1. The first kappa shape index (κ1) is 17.7. The highest BCUT2D eigenvalue weighted by Gasteiger charge is 2.21. The summed E-state index contributed by atoms with van der Waals surface area (Å²) in [5.41, 5.74) is -0.664. The molecule has 1 aromatic carbocycles. The van der Waals surface area contributed by atoms with Gasteiger partial charge in [0.05, 0.1) is 12.0 Å². The average molecular weight is 316 g/mol. The monoisotopic (exact) mass is 316 g/mol. The van der Waals surface area contributed by atoms with E-state index in [2.05, 4.69) is 10.1 Å². The molecule has 1 aromatic rings. The fourth-order valence-electron chi connectivity index (χ4n) is 1.55. The van der Waals surface area contributed by atoms with E-state index in [1.165, 1.54) is 12.1 Å². The minimum absolute atomic E-state index is 0.131. The molecule has 122 valence electrons. The first-order valence-corrected chi connectivity index (χ1v) is 6.33. The third kappa shape index (κ3) is 5.94. The van der Waals surface area contributed by atoms with Gasteiger partial charge >= 0.3 is 12.7 Å². The Kier molecular flexibility index (Phi) is 5.67. The number of hydrogen-bond acceptors (Lipinski definition) is 5. The van der Waals surface area contributed by atoms with Crippen LogP contribution in [0.3, 0.4) is 0 Å². The normalized spacial score (nSPS) is 12.6. The SMILES string of the molecule is CC(C)(C)OC(=O)N[C@H](C(=O)[O-])c1ccc(OC(F)F)cc1. The van der Waals surface area contributed by atoms with Crippen LogP contribution in [0.1, 0.15) is 32.4 Å². The fourth-order valence-corrected chi connectivity index (χ4v) is 1.55. The van der Waals surface area contributed by atoms with E-state index < -0.39 is 30.3 Å². The molecular formula is C14H16F2NO5-. The average Bonchev–Trinajstić information content (AvgIpc) is 2.34. The molecule has 0 aliphatic carbocycles. The molecule has 8 heteroatoms. The standard InChI is InChI=1S/C14H17F2NO5/c1-14(2,3)22-13(20)17-10(11(18)19)8-4-6-9(7-5-8)21-12(15)16/h4-7,10,12H,1-3H3,(H,17,20)(H,18,19)/p-1/t10-/m0/s1. The zero-order chi connectivity index (χ0) is 16.9. The maximum absolute atomic E-state index is 12.0. The molecule has 0 radical (unpaired) electrons. The topological polar surface area (TPSA) is 87.7 Å². The Morgan fingerprint density at radius 1 is 1.18 bits per heavy atom. The molecule has 1 atom stereocenters. The molecule has 6 nitrogen and oxygen atoms in total. The summed E-state index contributed by atoms with van der Waals surface area (Å²) in [5.74, 6) is -1.69. The van der Waals surface area contributed by atoms with Gasteiger partial charge in [-0.3, -0.25) is 0 Å². The third-order valence-electron chi connectivity index (χ3n) is 2.34. The van der Waals surface area contributed by atoms with Crippen molar-refractivity contribution >= 4 is 12.1 Å². The van der Waals surface area contributed by atoms with Crippen molar-refractivity contribution in [3.05, 3.63) is 29.8 Å². The van der Waals surface area contributed by atoms with E-state index >= 15 is 0 Å². The summed E-state index contributed by atoms with van der Waals surface area (Å²) in [5, 5.41) is 13.3. The summed E-state index contributed by atoms with van der Waals surface area (Å²) >= 11 is 0. The molecular weight excluding hydrogens is 300 g/mol. The number of rotatable bonds is 5. The number of alkyl carbamates (subject to hydrolysis) is 1. The summed E-state index contributed by atoms with van der Waals surface area (Å²) in [7, 11) is 0. The molecule has 0 aromatic heterocycles. The number of hydrogen-bond donors (Lipinski definition) is 1. The molecule has 0 aliphatic heterocycles. The van der Waals surface area contributed by atoms with E-state index in [0.29, 0.717) is 0 Å². The molecule has 0 saturated heterocycles. The van der Waals surface area contributed by atoms with Crippen LogP contribution >= 0.6 is 0 Å². The second kappa shape index (κ2) is 7.06. The van der Waals surface area contributed by atoms with Crippen LogP contribution in [0.25, 0.3) is 0 Å². The number of nitrogens with one attached hydrogen (secondary N) is 1. The zero-order valence-electron chi connectivity index (χ0n) is 12.3. The number of halogens is 2. The molecule has 0 unspecified atom stereocenters. The smallest absolute Gasteiger partial charge is 0.408 e. The highest BCUT2D eigenvalue weighted by molar-refractivity contribution is 5.80. The van der Waals surface area contributed by atoms with Gasteiger partial charge < -0.3 is 24.7 Å². The van der Waals surface area contributed by atoms with Gasteiger partial charge in [-0.1, -0.05) is 12.1 Å². The van der Waals surface area contributed by atoms with Crippen LogP contribution in [-0.4, -0.2) is 24.3 Å². The first-order chi connectivity index (χ1) is 10.1. The summed E-state index contributed by atoms with van der Waals surface area (Å²) in [6.45, 7) is 1.88. The van der Waals surface area contributed by atoms with Crippen LogP contribution in [0.2, 0.25) is 0 Å². The molecule has 22 heavy (non-hydrogen) atoms. The second-order valence-electron chi connectivity index (χ2n) is 5.35. The Morgan fingerprint density at radius 2 is 1.73 bits per heavy atom. The predicted molar refractivity (Wildman–Crippen MR) is 70.2 cm³/mol. The number of aliphatic carboxylic acids is 1. The number of benzene rings is 1. The Hall–Kier alpha value is -2.38. The quantitative estimate of drug-likeness (QED) is 0.891. The second-order valence-corrected chi connectivity index (χ2v) is 5.35. The Bertz CT molecular complexity index is 525. The van der Waals surface area contributed by atoms with E-state index in [9.17, 15) is 23.5 Å². The van der Waals surface area contributed by atoms with E-state index in [0.717, 1.165) is 12.1 Å². The third-order valence-corrected chi connectivity index (χ3v) is 2.34. The van der Waals surface area contributed by atoms with Crippen LogP contribution in [0.15, 0.2) is 24.3 Å². The van der Waals surface area contributed by atoms with Crippen molar-refractivity contribution in [3.8, 4) is 5.75 Å². The van der Waals surface area contributed by atoms with E-state index in [1.54, 1.807) is 20.8 Å².